The average Bonchev–Trinajstić information content (AvgIpc) is 3.66. The third kappa shape index (κ3) is 4.77. The molecule has 0 bridgehead atoms. The number of carbonyl (C=O) groups is 2. The van der Waals surface area contributed by atoms with Crippen LogP contribution in [-0.2, 0) is 4.74 Å². The molecule has 32 heavy (non-hydrogen) atoms. The Hall–Kier alpha value is -2.54. The summed E-state index contributed by atoms with van der Waals surface area (Å²) in [5.41, 5.74) is 4.60. The van der Waals surface area contributed by atoms with Gasteiger partial charge in [0, 0.05) is 29.9 Å². The predicted octanol–water partition coefficient (Wildman–Crippen LogP) is 4.39. The van der Waals surface area contributed by atoms with Gasteiger partial charge < -0.3 is 14.4 Å². The molecule has 5 rings (SSSR count). The zero-order valence-electron chi connectivity index (χ0n) is 19.2. The van der Waals surface area contributed by atoms with Crippen molar-refractivity contribution >= 4 is 12.0 Å². The first-order valence-electron chi connectivity index (χ1n) is 11.9. The van der Waals surface area contributed by atoms with Crippen LogP contribution >= 0.6 is 0 Å². The van der Waals surface area contributed by atoms with Gasteiger partial charge in [0.1, 0.15) is 11.4 Å². The molecule has 4 aliphatic rings. The second-order valence-corrected chi connectivity index (χ2v) is 10.5. The quantitative estimate of drug-likeness (QED) is 0.737. The summed E-state index contributed by atoms with van der Waals surface area (Å²) in [6.07, 6.45) is 8.79. The van der Waals surface area contributed by atoms with Gasteiger partial charge in [-0.3, -0.25) is 4.79 Å². The maximum atomic E-state index is 13.5. The Kier molecular flexibility index (Phi) is 5.40. The number of amides is 2. The number of nitrogens with zero attached hydrogens (tertiary/aromatic N) is 2. The number of carbonyl (C=O) groups excluding carboxylic acids is 2. The lowest BCUT2D eigenvalue weighted by atomic mass is 9.86. The summed E-state index contributed by atoms with van der Waals surface area (Å²) >= 11 is 0. The second kappa shape index (κ2) is 8.10. The zero-order chi connectivity index (χ0) is 22.5. The van der Waals surface area contributed by atoms with Crippen molar-refractivity contribution in [3.8, 4) is 5.75 Å². The minimum absolute atomic E-state index is 0.101. The molecule has 1 aliphatic heterocycles. The molecule has 3 fully saturated rings. The highest BCUT2D eigenvalue weighted by atomic mass is 16.6. The SMILES string of the molecule is CC(C)(C)OC(=O)N1C=C2CC(N(C(=O)c3ccc(OC4CC4)cc3)C3CC3)CCC2N1. The molecule has 0 spiro atoms. The van der Waals surface area contributed by atoms with E-state index in [4.69, 9.17) is 9.47 Å². The van der Waals surface area contributed by atoms with Crippen LogP contribution in [-0.4, -0.2) is 51.7 Å². The molecule has 7 nitrogen and oxygen atoms in total. The van der Waals surface area contributed by atoms with Crippen LogP contribution in [0.4, 0.5) is 4.79 Å². The van der Waals surface area contributed by atoms with Gasteiger partial charge in [-0.25, -0.2) is 15.2 Å². The smallest absolute Gasteiger partial charge is 0.429 e. The fraction of sp³-hybridized carbons (Fsp3) is 0.600. The fourth-order valence-electron chi connectivity index (χ4n) is 4.56. The van der Waals surface area contributed by atoms with E-state index < -0.39 is 5.60 Å². The first-order valence-corrected chi connectivity index (χ1v) is 11.9. The Morgan fingerprint density at radius 2 is 1.69 bits per heavy atom. The summed E-state index contributed by atoms with van der Waals surface area (Å²) < 4.78 is 11.3. The minimum Gasteiger partial charge on any atom is -0.490 e. The molecule has 3 aliphatic carbocycles. The lowest BCUT2D eigenvalue weighted by Gasteiger charge is -2.37. The number of hydrogen-bond donors (Lipinski definition) is 1. The molecule has 1 heterocycles. The van der Waals surface area contributed by atoms with E-state index in [1.54, 1.807) is 0 Å². The first-order chi connectivity index (χ1) is 15.3. The Morgan fingerprint density at radius 3 is 2.31 bits per heavy atom. The molecule has 3 saturated carbocycles. The maximum Gasteiger partial charge on any atom is 0.429 e. The molecule has 7 heteroatoms. The summed E-state index contributed by atoms with van der Waals surface area (Å²) in [7, 11) is 0. The first kappa shape index (κ1) is 21.3. The van der Waals surface area contributed by atoms with E-state index in [-0.39, 0.29) is 24.1 Å². The van der Waals surface area contributed by atoms with E-state index in [0.29, 0.717) is 12.1 Å². The summed E-state index contributed by atoms with van der Waals surface area (Å²) in [6.45, 7) is 5.59. The van der Waals surface area contributed by atoms with Gasteiger partial charge in [0.25, 0.3) is 5.91 Å². The van der Waals surface area contributed by atoms with Gasteiger partial charge in [-0.1, -0.05) is 0 Å². The summed E-state index contributed by atoms with van der Waals surface area (Å²) in [6, 6.07) is 8.21. The number of rotatable bonds is 5. The van der Waals surface area contributed by atoms with Gasteiger partial charge in [-0.15, -0.1) is 0 Å². The highest BCUT2D eigenvalue weighted by Gasteiger charge is 2.42. The monoisotopic (exact) mass is 439 g/mol. The number of fused-ring (bicyclic) bond motifs is 1. The van der Waals surface area contributed by atoms with Crippen molar-refractivity contribution in [2.45, 2.75) is 95.5 Å². The van der Waals surface area contributed by atoms with E-state index >= 15 is 0 Å². The third-order valence-corrected chi connectivity index (χ3v) is 6.38. The molecule has 1 aromatic rings. The number of hydrogen-bond acceptors (Lipinski definition) is 5. The van der Waals surface area contributed by atoms with E-state index in [1.807, 2.05) is 51.2 Å². The Bertz CT molecular complexity index is 912. The van der Waals surface area contributed by atoms with Crippen LogP contribution in [0.25, 0.3) is 0 Å². The lowest BCUT2D eigenvalue weighted by Crippen LogP contribution is -2.47. The molecular formula is C25H33N3O4. The van der Waals surface area contributed by atoms with Crippen molar-refractivity contribution in [3.05, 3.63) is 41.6 Å². The van der Waals surface area contributed by atoms with Gasteiger partial charge in [-0.2, -0.15) is 0 Å². The number of nitrogens with one attached hydrogen (secondary N) is 1. The van der Waals surface area contributed by atoms with E-state index in [0.717, 1.165) is 56.3 Å². The van der Waals surface area contributed by atoms with Crippen LogP contribution in [0.2, 0.25) is 0 Å². The predicted molar refractivity (Wildman–Crippen MR) is 120 cm³/mol. The molecule has 0 aromatic heterocycles. The number of ether oxygens (including phenoxy) is 2. The molecule has 1 N–H and O–H groups in total. The van der Waals surface area contributed by atoms with Crippen molar-refractivity contribution in [1.82, 2.24) is 15.3 Å². The summed E-state index contributed by atoms with van der Waals surface area (Å²) in [5, 5.41) is 1.47. The molecule has 172 valence electrons. The summed E-state index contributed by atoms with van der Waals surface area (Å²) in [4.78, 5) is 28.0. The molecule has 0 radical (unpaired) electrons. The standard InChI is InChI=1S/C25H33N3O4/c1-25(2,3)32-24(30)27-15-17-14-19(8-13-22(17)26-27)28(18-6-7-18)23(29)16-4-9-20(10-5-16)31-21-11-12-21/h4-5,9-10,15,18-19,21-22,26H,6-8,11-14H2,1-3H3. The Labute approximate surface area is 189 Å². The van der Waals surface area contributed by atoms with Crippen LogP contribution in [0.15, 0.2) is 36.0 Å². The Morgan fingerprint density at radius 1 is 1.00 bits per heavy atom. The number of benzene rings is 1. The van der Waals surface area contributed by atoms with Crippen molar-refractivity contribution in [2.24, 2.45) is 0 Å². The minimum atomic E-state index is -0.540. The maximum absolute atomic E-state index is 13.5. The van der Waals surface area contributed by atoms with Gasteiger partial charge in [0.05, 0.1) is 6.10 Å². The van der Waals surface area contributed by atoms with Crippen LogP contribution in [0.5, 0.6) is 5.75 Å². The third-order valence-electron chi connectivity index (χ3n) is 6.38. The summed E-state index contributed by atoms with van der Waals surface area (Å²) in [5.74, 6) is 0.941. The van der Waals surface area contributed by atoms with Crippen LogP contribution in [0.3, 0.4) is 0 Å². The fourth-order valence-corrected chi connectivity index (χ4v) is 4.56. The van der Waals surface area contributed by atoms with Gasteiger partial charge >= 0.3 is 6.09 Å². The zero-order valence-corrected chi connectivity index (χ0v) is 19.2. The molecule has 2 unspecified atom stereocenters. The van der Waals surface area contributed by atoms with Gasteiger partial charge in [-0.05, 0) is 95.6 Å². The van der Waals surface area contributed by atoms with Crippen molar-refractivity contribution < 1.29 is 19.1 Å². The Balaban J connectivity index is 1.27. The largest absolute Gasteiger partial charge is 0.490 e. The topological polar surface area (TPSA) is 71.1 Å². The molecule has 2 atom stereocenters. The molecule has 0 saturated heterocycles. The normalized spacial score (nSPS) is 25.1. The van der Waals surface area contributed by atoms with E-state index in [9.17, 15) is 9.59 Å². The average molecular weight is 440 g/mol. The van der Waals surface area contributed by atoms with Crippen molar-refractivity contribution in [3.63, 3.8) is 0 Å². The van der Waals surface area contributed by atoms with E-state index in [2.05, 4.69) is 10.3 Å². The van der Waals surface area contributed by atoms with Crippen LogP contribution in [0.1, 0.15) is 76.1 Å². The second-order valence-electron chi connectivity index (χ2n) is 10.5. The van der Waals surface area contributed by atoms with Crippen molar-refractivity contribution in [2.75, 3.05) is 0 Å². The highest BCUT2D eigenvalue weighted by Crippen LogP contribution is 2.38. The lowest BCUT2D eigenvalue weighted by molar-refractivity contribution is 0.0254. The molecular weight excluding hydrogens is 406 g/mol. The van der Waals surface area contributed by atoms with Crippen LogP contribution < -0.4 is 10.2 Å². The highest BCUT2D eigenvalue weighted by molar-refractivity contribution is 5.95. The molecule has 2 amide bonds. The number of hydrazine groups is 1. The van der Waals surface area contributed by atoms with E-state index in [1.165, 1.54) is 10.6 Å². The molecule has 1 aromatic carbocycles. The van der Waals surface area contributed by atoms with Crippen molar-refractivity contribution in [1.29, 1.82) is 0 Å². The van der Waals surface area contributed by atoms with Crippen LogP contribution in [0, 0.1) is 0 Å². The van der Waals surface area contributed by atoms with Gasteiger partial charge in [0.15, 0.2) is 0 Å². The van der Waals surface area contributed by atoms with Gasteiger partial charge in [0.2, 0.25) is 0 Å².